The van der Waals surface area contributed by atoms with Gasteiger partial charge in [0.15, 0.2) is 11.5 Å². The largest absolute Gasteiger partial charge is 0.871 e. The second-order valence-corrected chi connectivity index (χ2v) is 23.2. The van der Waals surface area contributed by atoms with Crippen LogP contribution in [-0.2, 0) is 61.3 Å². The lowest BCUT2D eigenvalue weighted by Crippen LogP contribution is -2.65. The zero-order valence-electron chi connectivity index (χ0n) is 46.9. The zero-order valence-corrected chi connectivity index (χ0v) is 48.5. The van der Waals surface area contributed by atoms with Gasteiger partial charge in [-0.1, -0.05) is 124 Å². The molecule has 13 rings (SSSR count). The van der Waals surface area contributed by atoms with E-state index in [9.17, 15) is 42.0 Å². The van der Waals surface area contributed by atoms with Crippen LogP contribution in [0.4, 0.5) is 11.4 Å². The Morgan fingerprint density at radius 2 is 1.18 bits per heavy atom. The molecule has 8 heterocycles. The first-order valence-electron chi connectivity index (χ1n) is 27.0. The van der Waals surface area contributed by atoms with Gasteiger partial charge in [-0.25, -0.2) is 20.2 Å². The molecule has 0 saturated carbocycles. The van der Waals surface area contributed by atoms with Crippen LogP contribution in [0.1, 0.15) is 142 Å². The third-order valence-corrected chi connectivity index (χ3v) is 16.4. The first-order chi connectivity index (χ1) is 40.1. The topological polar surface area (TPSA) is 301 Å². The van der Waals surface area contributed by atoms with Crippen LogP contribution in [0, 0.1) is 0 Å². The lowest BCUT2D eigenvalue weighted by Gasteiger charge is -2.29. The Balaban J connectivity index is 0.000000178. The van der Waals surface area contributed by atoms with E-state index in [2.05, 4.69) is 90.4 Å². The van der Waals surface area contributed by atoms with E-state index >= 15 is 0 Å². The predicted octanol–water partition coefficient (Wildman–Crippen LogP) is 7.31. The SMILES string of the molecule is C=C1C(=O)C(/C=C2/Nc3ccc(S(=O)(=O)O)cc3C2(C)C)=C1[O-].CCCCCC[C@]1(C)C(C)=[NH+]c2ccc(SOOO)cc21.O=C1NCc2ccc(cc2)CNC(=O)c2cccc(n2)C(=O)NCc2ccc(cc2)CNC(=O)c2cccc1n2. The summed E-state index contributed by atoms with van der Waals surface area (Å²) in [7, 11) is -4.31. The molecule has 2 aromatic heterocycles. The summed E-state index contributed by atoms with van der Waals surface area (Å²) in [6.45, 7) is 14.8. The molecular weight excluding hydrogens is 1110 g/mol. The molecule has 0 radical (unpaired) electrons. The molecule has 1 aliphatic carbocycles. The van der Waals surface area contributed by atoms with Crippen LogP contribution < -0.4 is 36.7 Å². The number of rotatable bonds is 10. The third-order valence-electron chi connectivity index (χ3n) is 14.9. The number of nitrogens with zero attached hydrogens (tertiary/aromatic N) is 2. The minimum absolute atomic E-state index is 0.0289. The monoisotopic (exact) mass is 1180 g/mol. The number of benzene rings is 4. The molecule has 20 nitrogen and oxygen atoms in total. The fraction of sp³-hybridized carbons (Fsp3) is 0.258. The first kappa shape index (κ1) is 61.4. The van der Waals surface area contributed by atoms with Gasteiger partial charge in [0.05, 0.1) is 22.4 Å². The van der Waals surface area contributed by atoms with E-state index in [0.717, 1.165) is 45.6 Å². The summed E-state index contributed by atoms with van der Waals surface area (Å²) in [5.41, 5.74) is 9.07. The number of pyridine rings is 2. The number of ketones is 1. The van der Waals surface area contributed by atoms with Crippen LogP contribution in [0.25, 0.3) is 0 Å². The number of nitrogens with one attached hydrogen (secondary N) is 6. The van der Waals surface area contributed by atoms with Crippen LogP contribution in [0.3, 0.4) is 0 Å². The maximum absolute atomic E-state index is 12.7. The summed E-state index contributed by atoms with van der Waals surface area (Å²) in [5.74, 6) is -2.35. The zero-order chi connectivity index (χ0) is 60.3. The third kappa shape index (κ3) is 14.6. The van der Waals surface area contributed by atoms with Crippen molar-refractivity contribution in [3.05, 3.63) is 213 Å². The fourth-order valence-corrected chi connectivity index (χ4v) is 10.6. The molecule has 84 heavy (non-hydrogen) atoms. The summed E-state index contributed by atoms with van der Waals surface area (Å²) in [4.78, 5) is 75.0. The maximum atomic E-state index is 12.7. The van der Waals surface area contributed by atoms with E-state index in [4.69, 9.17) is 5.26 Å². The van der Waals surface area contributed by atoms with E-state index in [1.165, 1.54) is 66.9 Å². The van der Waals surface area contributed by atoms with Gasteiger partial charge in [0.1, 0.15) is 22.8 Å². The number of carbonyl (C=O) groups excluding carboxylic acids is 5. The average Bonchev–Trinajstić information content (AvgIpc) is 2.82. The van der Waals surface area contributed by atoms with Crippen molar-refractivity contribution in [2.45, 2.75) is 114 Å². The molecule has 0 fully saturated rings. The second kappa shape index (κ2) is 26.7. The molecular formula is C62H64N8O12S2. The van der Waals surface area contributed by atoms with Crippen molar-refractivity contribution in [2.24, 2.45) is 0 Å². The van der Waals surface area contributed by atoms with Gasteiger partial charge in [-0.05, 0) is 102 Å². The van der Waals surface area contributed by atoms with E-state index in [0.29, 0.717) is 16.9 Å². The highest BCUT2D eigenvalue weighted by Crippen LogP contribution is 2.45. The summed E-state index contributed by atoms with van der Waals surface area (Å²) >= 11 is 1.01. The number of Topliss-reactive ketones (excluding diaryl/α,β-unsaturated/α-hetero) is 1. The van der Waals surface area contributed by atoms with Crippen LogP contribution in [0.2, 0.25) is 0 Å². The first-order valence-corrected chi connectivity index (χ1v) is 29.2. The molecule has 22 heteroatoms. The van der Waals surface area contributed by atoms with Crippen molar-refractivity contribution >= 4 is 68.7 Å². The minimum Gasteiger partial charge on any atom is -0.871 e. The van der Waals surface area contributed by atoms with Crippen molar-refractivity contribution in [1.82, 2.24) is 31.2 Å². The van der Waals surface area contributed by atoms with Gasteiger partial charge < -0.3 is 31.7 Å². The number of hydrogen-bond acceptors (Lipinski definition) is 15. The van der Waals surface area contributed by atoms with Gasteiger partial charge in [0, 0.05) is 77.6 Å². The van der Waals surface area contributed by atoms with E-state index < -0.39 is 39.2 Å². The Labute approximate surface area is 490 Å². The molecule has 6 aliphatic heterocycles. The molecule has 4 amide bonds. The molecule has 8 bridgehead atoms. The molecule has 0 spiro atoms. The van der Waals surface area contributed by atoms with Crippen molar-refractivity contribution in [3.8, 4) is 0 Å². The second-order valence-electron chi connectivity index (χ2n) is 21.0. The van der Waals surface area contributed by atoms with Crippen molar-refractivity contribution in [3.63, 3.8) is 0 Å². The highest BCUT2D eigenvalue weighted by Gasteiger charge is 2.42. The Hall–Kier alpha value is -8.64. The number of fused-ring (bicyclic) bond motifs is 2. The number of hydrogen-bond donors (Lipinski definition) is 8. The number of anilines is 1. The summed E-state index contributed by atoms with van der Waals surface area (Å²) in [5, 5.41) is 38.0. The maximum Gasteiger partial charge on any atom is 0.294 e. The highest BCUT2D eigenvalue weighted by atomic mass is 32.2. The number of unbranched alkanes of at least 4 members (excludes halogenated alkanes) is 3. The standard InChI is InChI=1S/C30H26N6O4.C16H15NO5S.C16H23NO3S/c37-27-23-3-1-4-24(35-23)28(38)32-16-20-9-13-22(14-10-20)18-34-30(40)26-6-2-5-25(36-26)29(39)33-17-21-11-7-19(8-12-21)15-31-27;1-8-14(18)10(15(8)19)7-13-16(2,3)11-6-9(23(20,21)22)4-5-12(11)17-13;1-4-5-6-7-10-16(3)12(2)17-15-9-8-13(11-14(15)16)21-20-19-18/h1-14H,15-18H2,(H,31,37)(H,32,38)(H,33,39)(H,34,40);4-7,17-18H,1H2,2-3H3,(H,20,21,22);8-9,11,18H,4-7,10H2,1-3H3/b;13-7+;/t;;16-/m..1/s1. The Kier molecular flexibility index (Phi) is 19.5. The minimum atomic E-state index is -4.31. The summed E-state index contributed by atoms with van der Waals surface area (Å²) in [6.07, 6.45) is 7.69. The van der Waals surface area contributed by atoms with Crippen LogP contribution >= 0.6 is 12.0 Å². The highest BCUT2D eigenvalue weighted by molar-refractivity contribution is 7.94. The molecule has 6 aromatic rings. The lowest BCUT2D eigenvalue weighted by molar-refractivity contribution is -0.432. The van der Waals surface area contributed by atoms with Crippen LogP contribution in [-0.4, -0.2) is 63.3 Å². The summed E-state index contributed by atoms with van der Waals surface area (Å²) in [6, 6.07) is 34.5. The molecule has 7 aliphatic rings. The van der Waals surface area contributed by atoms with Gasteiger partial charge in [-0.15, -0.1) is 4.33 Å². The molecule has 436 valence electrons. The fourth-order valence-electron chi connectivity index (χ4n) is 9.70. The number of amides is 4. The predicted molar refractivity (Wildman–Crippen MR) is 313 cm³/mol. The summed E-state index contributed by atoms with van der Waals surface area (Å²) < 4.78 is 36.3. The van der Waals surface area contributed by atoms with Crippen LogP contribution in [0.5, 0.6) is 0 Å². The van der Waals surface area contributed by atoms with Crippen molar-refractivity contribution < 1.29 is 61.7 Å². The van der Waals surface area contributed by atoms with Gasteiger partial charge in [0.2, 0.25) is 5.69 Å². The normalized spacial score (nSPS) is 17.9. The van der Waals surface area contributed by atoms with Gasteiger partial charge in [-0.2, -0.15) is 8.42 Å². The van der Waals surface area contributed by atoms with Gasteiger partial charge in [-0.3, -0.25) is 28.5 Å². The number of carbonyl (C=O) groups is 5. The Morgan fingerprint density at radius 1 is 0.690 bits per heavy atom. The van der Waals surface area contributed by atoms with E-state index in [1.807, 2.05) is 68.4 Å². The van der Waals surface area contributed by atoms with Crippen molar-refractivity contribution in [1.29, 1.82) is 0 Å². The molecule has 8 N–H and O–H groups in total. The lowest BCUT2D eigenvalue weighted by atomic mass is 9.76. The Morgan fingerprint density at radius 3 is 1.62 bits per heavy atom. The van der Waals surface area contributed by atoms with E-state index in [-0.39, 0.29) is 82.0 Å². The molecule has 0 unspecified atom stereocenters. The Bertz CT molecular complexity index is 3520. The van der Waals surface area contributed by atoms with Gasteiger partial charge >= 0.3 is 0 Å². The van der Waals surface area contributed by atoms with Crippen LogP contribution in [0.15, 0.2) is 166 Å². The molecule has 1 atom stereocenters. The van der Waals surface area contributed by atoms with E-state index in [1.54, 1.807) is 36.4 Å². The number of aromatic nitrogens is 2. The molecule has 4 aromatic carbocycles. The number of allylic oxidation sites excluding steroid dienone is 4. The smallest absolute Gasteiger partial charge is 0.294 e. The quantitative estimate of drug-likeness (QED) is 0.0166. The average molecular weight is 1180 g/mol. The van der Waals surface area contributed by atoms with Crippen molar-refractivity contribution in [2.75, 3.05) is 5.32 Å². The molecule has 0 saturated heterocycles. The van der Waals surface area contributed by atoms with Gasteiger partial charge in [0.25, 0.3) is 33.7 Å².